The monoisotopic (exact) mass is 280 g/mol. The Balaban J connectivity index is 1.88. The van der Waals surface area contributed by atoms with Gasteiger partial charge >= 0.3 is 0 Å². The predicted molar refractivity (Wildman–Crippen MR) is 58.2 cm³/mol. The molecule has 0 N–H and O–H groups in total. The van der Waals surface area contributed by atoms with Crippen LogP contribution in [0.4, 0.5) is 0 Å². The number of hydrogen-bond acceptors (Lipinski definition) is 7. The third-order valence-electron chi connectivity index (χ3n) is 3.14. The lowest BCUT2D eigenvalue weighted by Crippen LogP contribution is -2.53. The molecule has 0 aromatic carbocycles. The van der Waals surface area contributed by atoms with Gasteiger partial charge in [0.05, 0.1) is 12.9 Å². The first-order chi connectivity index (χ1) is 8.25. The van der Waals surface area contributed by atoms with Gasteiger partial charge in [0, 0.05) is 0 Å². The van der Waals surface area contributed by atoms with Crippen LogP contribution in [0.3, 0.4) is 0 Å². The van der Waals surface area contributed by atoms with Crippen LogP contribution in [-0.2, 0) is 33.2 Å². The van der Waals surface area contributed by atoms with Gasteiger partial charge in [0.25, 0.3) is 10.1 Å². The van der Waals surface area contributed by atoms with E-state index in [2.05, 4.69) is 0 Å². The maximum Gasteiger partial charge on any atom is 0.264 e. The van der Waals surface area contributed by atoms with Crippen LogP contribution in [0.2, 0.25) is 0 Å². The zero-order valence-corrected chi connectivity index (χ0v) is 11.2. The van der Waals surface area contributed by atoms with Crippen molar-refractivity contribution in [1.29, 1.82) is 0 Å². The van der Waals surface area contributed by atoms with Crippen LogP contribution < -0.4 is 0 Å². The molecule has 8 heteroatoms. The summed E-state index contributed by atoms with van der Waals surface area (Å²) in [5.41, 5.74) is 0. The molecule has 18 heavy (non-hydrogen) atoms. The summed E-state index contributed by atoms with van der Waals surface area (Å²) in [6, 6.07) is 0. The third-order valence-corrected chi connectivity index (χ3v) is 3.71. The van der Waals surface area contributed by atoms with Crippen molar-refractivity contribution in [2.75, 3.05) is 12.9 Å². The standard InChI is InChI=1S/C10H16O7S/c1-10(2)15-7-6(17-18(3,11)12)5-4-13-9(14-5)8(7)16-10/h5-9H,4H2,1-3H3. The van der Waals surface area contributed by atoms with E-state index in [-0.39, 0.29) is 6.61 Å². The largest absolute Gasteiger partial charge is 0.347 e. The Bertz CT molecular complexity index is 445. The first-order valence-electron chi connectivity index (χ1n) is 5.76. The molecule has 0 aliphatic carbocycles. The second kappa shape index (κ2) is 3.87. The van der Waals surface area contributed by atoms with E-state index in [1.165, 1.54) is 0 Å². The lowest BCUT2D eigenvalue weighted by atomic mass is 10.0. The summed E-state index contributed by atoms with van der Waals surface area (Å²) >= 11 is 0. The number of rotatable bonds is 2. The molecule has 5 unspecified atom stereocenters. The Morgan fingerprint density at radius 2 is 1.89 bits per heavy atom. The fraction of sp³-hybridized carbons (Fsp3) is 1.00. The van der Waals surface area contributed by atoms with Crippen molar-refractivity contribution in [3.8, 4) is 0 Å². The number of fused-ring (bicyclic) bond motifs is 4. The van der Waals surface area contributed by atoms with Gasteiger partial charge in [-0.15, -0.1) is 0 Å². The minimum Gasteiger partial charge on any atom is -0.347 e. The molecule has 3 aliphatic heterocycles. The van der Waals surface area contributed by atoms with Crippen molar-refractivity contribution in [3.05, 3.63) is 0 Å². The summed E-state index contributed by atoms with van der Waals surface area (Å²) in [6.45, 7) is 3.80. The van der Waals surface area contributed by atoms with Crippen LogP contribution in [0.15, 0.2) is 0 Å². The summed E-state index contributed by atoms with van der Waals surface area (Å²) in [4.78, 5) is 0. The molecule has 3 heterocycles. The molecule has 7 nitrogen and oxygen atoms in total. The zero-order valence-electron chi connectivity index (χ0n) is 10.4. The van der Waals surface area contributed by atoms with Crippen LogP contribution in [-0.4, -0.2) is 57.8 Å². The van der Waals surface area contributed by atoms with E-state index < -0.39 is 46.6 Å². The van der Waals surface area contributed by atoms with E-state index in [1.807, 2.05) is 0 Å². The van der Waals surface area contributed by atoms with E-state index in [1.54, 1.807) is 13.8 Å². The molecular weight excluding hydrogens is 264 g/mol. The highest BCUT2D eigenvalue weighted by atomic mass is 32.2. The molecule has 3 saturated heterocycles. The van der Waals surface area contributed by atoms with Crippen molar-refractivity contribution in [2.24, 2.45) is 0 Å². The van der Waals surface area contributed by atoms with E-state index in [0.717, 1.165) is 6.26 Å². The molecule has 3 rings (SSSR count). The Morgan fingerprint density at radius 1 is 1.22 bits per heavy atom. The van der Waals surface area contributed by atoms with E-state index in [4.69, 9.17) is 23.1 Å². The SMILES string of the molecule is CC1(C)OC2C3OCC(O3)C(OS(C)(=O)=O)C2O1. The summed E-state index contributed by atoms with van der Waals surface area (Å²) in [5, 5.41) is 0. The van der Waals surface area contributed by atoms with E-state index >= 15 is 0 Å². The van der Waals surface area contributed by atoms with Crippen LogP contribution in [0.5, 0.6) is 0 Å². The van der Waals surface area contributed by atoms with Crippen molar-refractivity contribution in [2.45, 2.75) is 50.3 Å². The second-order valence-electron chi connectivity index (χ2n) is 5.21. The first-order valence-corrected chi connectivity index (χ1v) is 7.58. The molecular formula is C10H16O7S. The van der Waals surface area contributed by atoms with Crippen molar-refractivity contribution >= 4 is 10.1 Å². The lowest BCUT2D eigenvalue weighted by Gasteiger charge is -2.33. The highest BCUT2D eigenvalue weighted by Gasteiger charge is 2.59. The topological polar surface area (TPSA) is 80.3 Å². The summed E-state index contributed by atoms with van der Waals surface area (Å²) < 4.78 is 50.1. The normalized spacial score (nSPS) is 46.1. The maximum atomic E-state index is 11.3. The summed E-state index contributed by atoms with van der Waals surface area (Å²) in [6.07, 6.45) is -1.65. The molecule has 0 saturated carbocycles. The minimum absolute atomic E-state index is 0.283. The lowest BCUT2D eigenvalue weighted by molar-refractivity contribution is -0.195. The van der Waals surface area contributed by atoms with Gasteiger partial charge in [-0.05, 0) is 13.8 Å². The smallest absolute Gasteiger partial charge is 0.264 e. The van der Waals surface area contributed by atoms with Gasteiger partial charge in [0.15, 0.2) is 12.1 Å². The summed E-state index contributed by atoms with van der Waals surface area (Å²) in [7, 11) is -3.60. The third kappa shape index (κ3) is 2.17. The van der Waals surface area contributed by atoms with Crippen LogP contribution in [0.25, 0.3) is 0 Å². The van der Waals surface area contributed by atoms with Crippen LogP contribution in [0.1, 0.15) is 13.8 Å². The number of ether oxygens (including phenoxy) is 4. The molecule has 0 radical (unpaired) electrons. The second-order valence-corrected chi connectivity index (χ2v) is 6.81. The van der Waals surface area contributed by atoms with Gasteiger partial charge in [0.2, 0.25) is 0 Å². The van der Waals surface area contributed by atoms with Crippen LogP contribution in [0, 0.1) is 0 Å². The Morgan fingerprint density at radius 3 is 2.56 bits per heavy atom. The minimum atomic E-state index is -3.60. The molecule has 5 atom stereocenters. The Hall–Kier alpha value is -0.250. The maximum absolute atomic E-state index is 11.3. The quantitative estimate of drug-likeness (QED) is 0.637. The molecule has 0 aromatic rings. The fourth-order valence-electron chi connectivity index (χ4n) is 2.60. The molecule has 104 valence electrons. The molecule has 0 aromatic heterocycles. The molecule has 2 bridgehead atoms. The van der Waals surface area contributed by atoms with Gasteiger partial charge in [-0.3, -0.25) is 4.18 Å². The van der Waals surface area contributed by atoms with Crippen molar-refractivity contribution in [1.82, 2.24) is 0 Å². The van der Waals surface area contributed by atoms with Crippen molar-refractivity contribution < 1.29 is 31.5 Å². The highest BCUT2D eigenvalue weighted by molar-refractivity contribution is 7.86. The highest BCUT2D eigenvalue weighted by Crippen LogP contribution is 2.41. The molecule has 0 amide bonds. The molecule has 0 spiro atoms. The molecule has 3 fully saturated rings. The van der Waals surface area contributed by atoms with Gasteiger partial charge < -0.3 is 18.9 Å². The van der Waals surface area contributed by atoms with Gasteiger partial charge in [-0.2, -0.15) is 8.42 Å². The van der Waals surface area contributed by atoms with Gasteiger partial charge in [-0.1, -0.05) is 0 Å². The van der Waals surface area contributed by atoms with E-state index in [0.29, 0.717) is 0 Å². The molecule has 3 aliphatic rings. The van der Waals surface area contributed by atoms with Crippen LogP contribution >= 0.6 is 0 Å². The summed E-state index contributed by atoms with van der Waals surface area (Å²) in [5.74, 6) is -0.800. The van der Waals surface area contributed by atoms with Gasteiger partial charge in [0.1, 0.15) is 24.4 Å². The predicted octanol–water partition coefficient (Wildman–Crippen LogP) is -0.394. The Kier molecular flexibility index (Phi) is 2.75. The van der Waals surface area contributed by atoms with Gasteiger partial charge in [-0.25, -0.2) is 0 Å². The average Bonchev–Trinajstić information content (AvgIpc) is 2.74. The Labute approximate surface area is 105 Å². The number of hydrogen-bond donors (Lipinski definition) is 0. The fourth-order valence-corrected chi connectivity index (χ4v) is 3.23. The zero-order chi connectivity index (χ0) is 13.1. The van der Waals surface area contributed by atoms with E-state index in [9.17, 15) is 8.42 Å². The average molecular weight is 280 g/mol. The van der Waals surface area contributed by atoms with Crippen molar-refractivity contribution in [3.63, 3.8) is 0 Å². The first kappa shape index (κ1) is 12.8.